The normalized spacial score (nSPS) is 16.8. The van der Waals surface area contributed by atoms with Gasteiger partial charge in [0.2, 0.25) is 0 Å². The molecule has 0 aliphatic carbocycles. The van der Waals surface area contributed by atoms with Gasteiger partial charge in [-0.1, -0.05) is 38.1 Å². The van der Waals surface area contributed by atoms with Gasteiger partial charge in [-0.2, -0.15) is 0 Å². The summed E-state index contributed by atoms with van der Waals surface area (Å²) in [6.45, 7) is 17.3. The number of halogens is 4. The highest BCUT2D eigenvalue weighted by atomic mass is 35.5. The van der Waals surface area contributed by atoms with E-state index in [-0.39, 0.29) is 30.9 Å². The molecule has 0 fully saturated rings. The number of hydrogen-bond donors (Lipinski definition) is 3. The molecule has 3 aromatic carbocycles. The maximum atomic E-state index is 17.4. The zero-order valence-corrected chi connectivity index (χ0v) is 36.3. The van der Waals surface area contributed by atoms with Crippen LogP contribution in [-0.2, 0) is 9.47 Å². The molecule has 3 heterocycles. The van der Waals surface area contributed by atoms with E-state index < -0.39 is 59.6 Å². The van der Waals surface area contributed by atoms with Crippen LogP contribution in [0.2, 0.25) is 13.1 Å². The number of nitrogens with zero attached hydrogens (tertiary/aromatic N) is 1. The van der Waals surface area contributed by atoms with Gasteiger partial charge in [-0.15, -0.1) is 11.6 Å². The number of carbonyl (C=O) groups is 2. The molecule has 6 rings (SSSR count). The average molecular weight is 836 g/mol. The van der Waals surface area contributed by atoms with E-state index in [0.717, 1.165) is 69.4 Å². The highest BCUT2D eigenvalue weighted by Crippen LogP contribution is 2.40. The van der Waals surface area contributed by atoms with Gasteiger partial charge in [0, 0.05) is 41.4 Å². The first kappa shape index (κ1) is 43.3. The highest BCUT2D eigenvalue weighted by molar-refractivity contribution is 7.01. The van der Waals surface area contributed by atoms with Crippen LogP contribution in [0.4, 0.5) is 18.9 Å². The number of unbranched alkanes of at least 4 members (excludes halogenated alkanes) is 3. The van der Waals surface area contributed by atoms with Crippen LogP contribution in [0, 0.1) is 17.5 Å². The molecule has 13 heteroatoms. The summed E-state index contributed by atoms with van der Waals surface area (Å²) in [4.78, 5) is 31.6. The Labute approximate surface area is 344 Å². The zero-order valence-electron chi connectivity index (χ0n) is 34.6. The van der Waals surface area contributed by atoms with Gasteiger partial charge in [0.25, 0.3) is 5.91 Å². The van der Waals surface area contributed by atoms with Gasteiger partial charge in [0.15, 0.2) is 11.6 Å². The fourth-order valence-corrected chi connectivity index (χ4v) is 11.8. The van der Waals surface area contributed by atoms with Crippen molar-refractivity contribution in [1.29, 1.82) is 0 Å². The standard InChI is InChI=1S/C45H53ClF3N3O5Si/c1-25-23-44(3,4)51-31-21-33-29(19-27(25)31)35(30-20-28-26(2)24-45(5,6)52-32(28)22-34(30)58(33,7)8)36-37(43(54)55)40(48)41(49)38(39(36)47)42(53)50-14-16-57-18-17-56-15-12-10-9-11-13-46/h19-24,51H,9-18H2,1-8H3,(H,50,53)(H,54,55). The Morgan fingerprint density at radius 1 is 0.810 bits per heavy atom. The summed E-state index contributed by atoms with van der Waals surface area (Å²) in [5.74, 6) is -7.65. The summed E-state index contributed by atoms with van der Waals surface area (Å²) in [5, 5.41) is 19.4. The topological polar surface area (TPSA) is 109 Å². The number of rotatable bonds is 15. The minimum absolute atomic E-state index is 0.00287. The number of allylic oxidation sites excluding steroid dienone is 2. The van der Waals surface area contributed by atoms with Crippen molar-refractivity contribution in [3.63, 3.8) is 0 Å². The number of anilines is 1. The molecule has 58 heavy (non-hydrogen) atoms. The minimum atomic E-state index is -2.73. The van der Waals surface area contributed by atoms with Crippen LogP contribution < -0.4 is 31.6 Å². The van der Waals surface area contributed by atoms with Crippen LogP contribution in [0.3, 0.4) is 0 Å². The van der Waals surface area contributed by atoms with Gasteiger partial charge < -0.3 is 25.2 Å². The molecular formula is C45H53ClF3N3O5Si. The number of carboxylic acid groups (broad SMARTS) is 1. The molecule has 3 aliphatic heterocycles. The van der Waals surface area contributed by atoms with Crippen molar-refractivity contribution in [3.05, 3.63) is 97.8 Å². The van der Waals surface area contributed by atoms with Crippen LogP contribution in [0.25, 0.3) is 16.7 Å². The van der Waals surface area contributed by atoms with E-state index in [2.05, 4.69) is 43.7 Å². The molecule has 0 unspecified atom stereocenters. The van der Waals surface area contributed by atoms with E-state index in [4.69, 9.17) is 26.1 Å². The molecule has 0 spiro atoms. The highest BCUT2D eigenvalue weighted by Gasteiger charge is 2.41. The van der Waals surface area contributed by atoms with Crippen molar-refractivity contribution in [2.24, 2.45) is 4.99 Å². The molecule has 0 bridgehead atoms. The second kappa shape index (κ2) is 16.8. The van der Waals surface area contributed by atoms with E-state index >= 15 is 13.2 Å². The molecule has 310 valence electrons. The minimum Gasteiger partial charge on any atom is -0.478 e. The van der Waals surface area contributed by atoms with Gasteiger partial charge in [-0.3, -0.25) is 9.79 Å². The van der Waals surface area contributed by atoms with Crippen molar-refractivity contribution < 1.29 is 37.3 Å². The molecule has 0 saturated heterocycles. The third-order valence-corrected chi connectivity index (χ3v) is 14.9. The Morgan fingerprint density at radius 2 is 1.47 bits per heavy atom. The van der Waals surface area contributed by atoms with E-state index in [1.54, 1.807) is 0 Å². The Hall–Kier alpha value is -4.23. The predicted molar refractivity (Wildman–Crippen MR) is 228 cm³/mol. The lowest BCUT2D eigenvalue weighted by Gasteiger charge is -2.38. The summed E-state index contributed by atoms with van der Waals surface area (Å²) in [6, 6.07) is 7.76. The fraction of sp³-hybridized carbons (Fsp3) is 0.444. The fourth-order valence-electron chi connectivity index (χ4n) is 8.58. The molecule has 0 atom stereocenters. The van der Waals surface area contributed by atoms with Crippen molar-refractivity contribution in [1.82, 2.24) is 5.32 Å². The molecule has 0 radical (unpaired) electrons. The number of carbonyl (C=O) groups excluding carboxylic acids is 1. The lowest BCUT2D eigenvalue weighted by molar-refractivity contribution is 0.0468. The average Bonchev–Trinajstić information content (AvgIpc) is 3.12. The lowest BCUT2D eigenvalue weighted by Crippen LogP contribution is -2.64. The van der Waals surface area contributed by atoms with Crippen LogP contribution in [-0.4, -0.2) is 75.0 Å². The SMILES string of the molecule is CC1=CC(C)(C)Nc2cc3c(cc21)C(c1c(F)c(C(=O)NCCOCCOCCCCCCCl)c(F)c(F)c1C(=O)O)=c1cc2c(cc1[Si]3(C)C)=NC(C)(C)C=C2C. The summed E-state index contributed by atoms with van der Waals surface area (Å²) in [7, 11) is -2.73. The Balaban J connectivity index is 1.48. The van der Waals surface area contributed by atoms with Crippen molar-refractivity contribution in [2.45, 2.75) is 91.4 Å². The number of benzene rings is 3. The summed E-state index contributed by atoms with van der Waals surface area (Å²) < 4.78 is 60.7. The first-order chi connectivity index (χ1) is 27.3. The van der Waals surface area contributed by atoms with Crippen molar-refractivity contribution >= 4 is 64.3 Å². The molecule has 8 nitrogen and oxygen atoms in total. The number of fused-ring (bicyclic) bond motifs is 4. The van der Waals surface area contributed by atoms with Gasteiger partial charge in [-0.25, -0.2) is 18.0 Å². The van der Waals surface area contributed by atoms with Crippen molar-refractivity contribution in [3.8, 4) is 0 Å². The lowest BCUT2D eigenvalue weighted by atomic mass is 9.84. The first-order valence-electron chi connectivity index (χ1n) is 19.9. The van der Waals surface area contributed by atoms with E-state index in [9.17, 15) is 14.7 Å². The van der Waals surface area contributed by atoms with Crippen molar-refractivity contribution in [2.75, 3.05) is 44.2 Å². The Morgan fingerprint density at radius 3 is 2.16 bits per heavy atom. The maximum Gasteiger partial charge on any atom is 0.339 e. The molecule has 3 N–H and O–H groups in total. The number of hydrogen-bond acceptors (Lipinski definition) is 6. The van der Waals surface area contributed by atoms with Gasteiger partial charge in [-0.05, 0) is 117 Å². The molecule has 0 aromatic heterocycles. The monoisotopic (exact) mass is 835 g/mol. The van der Waals surface area contributed by atoms with Crippen LogP contribution >= 0.6 is 11.6 Å². The second-order valence-electron chi connectivity index (χ2n) is 17.1. The van der Waals surface area contributed by atoms with Gasteiger partial charge in [0.1, 0.15) is 25.0 Å². The van der Waals surface area contributed by atoms with E-state index in [0.29, 0.717) is 29.9 Å². The summed E-state index contributed by atoms with van der Waals surface area (Å²) >= 11 is 5.70. The number of amides is 1. The second-order valence-corrected chi connectivity index (χ2v) is 21.8. The quantitative estimate of drug-likeness (QED) is 0.0649. The molecular weight excluding hydrogens is 783 g/mol. The predicted octanol–water partition coefficient (Wildman–Crippen LogP) is 7.17. The third kappa shape index (κ3) is 8.43. The molecule has 3 aliphatic rings. The Kier molecular flexibility index (Phi) is 12.5. The number of aromatic carboxylic acids is 1. The third-order valence-electron chi connectivity index (χ3n) is 11.1. The largest absolute Gasteiger partial charge is 0.478 e. The van der Waals surface area contributed by atoms with E-state index in [1.165, 1.54) is 0 Å². The number of carboxylic acids is 1. The molecule has 1 amide bonds. The van der Waals surface area contributed by atoms with Crippen LogP contribution in [0.15, 0.2) is 41.4 Å². The number of ether oxygens (including phenoxy) is 2. The van der Waals surface area contributed by atoms with Crippen LogP contribution in [0.1, 0.15) is 110 Å². The number of alkyl halides is 1. The summed E-state index contributed by atoms with van der Waals surface area (Å²) in [5.41, 5.74) is 0.858. The van der Waals surface area contributed by atoms with Gasteiger partial charge in [0.05, 0.1) is 36.3 Å². The van der Waals surface area contributed by atoms with Gasteiger partial charge >= 0.3 is 5.97 Å². The Bertz CT molecular complexity index is 2370. The smallest absolute Gasteiger partial charge is 0.339 e. The van der Waals surface area contributed by atoms with E-state index in [1.807, 2.05) is 58.0 Å². The number of nitrogens with one attached hydrogen (secondary N) is 2. The van der Waals surface area contributed by atoms with Crippen LogP contribution in [0.5, 0.6) is 0 Å². The zero-order chi connectivity index (χ0) is 42.3. The summed E-state index contributed by atoms with van der Waals surface area (Å²) in [6.07, 6.45) is 8.01. The molecule has 0 saturated carbocycles. The maximum absolute atomic E-state index is 17.4. The first-order valence-corrected chi connectivity index (χ1v) is 23.4. The molecule has 3 aromatic rings.